The lowest BCUT2D eigenvalue weighted by molar-refractivity contribution is -0.135. The summed E-state index contributed by atoms with van der Waals surface area (Å²) in [5.41, 5.74) is 1.03. The van der Waals surface area contributed by atoms with Crippen LogP contribution in [0.5, 0.6) is 0 Å². The molecule has 2 aromatic rings. The molecular weight excluding hydrogens is 220 g/mol. The Labute approximate surface area is 97.6 Å². The zero-order chi connectivity index (χ0) is 12.3. The number of ether oxygens (including phenoxy) is 1. The second-order valence-corrected chi connectivity index (χ2v) is 3.33. The van der Waals surface area contributed by atoms with E-state index >= 15 is 0 Å². The van der Waals surface area contributed by atoms with Gasteiger partial charge in [-0.15, -0.1) is 0 Å². The summed E-state index contributed by atoms with van der Waals surface area (Å²) < 4.78 is 5.88. The van der Waals surface area contributed by atoms with Crippen LogP contribution in [0.2, 0.25) is 0 Å². The average Bonchev–Trinajstić information content (AvgIpc) is 2.87. The minimum Gasteiger partial charge on any atom is -0.463 e. The SMILES string of the molecule is COC(=O)C(=O)c1cnn(-c2ccccc2)c1. The molecule has 0 aliphatic heterocycles. The Morgan fingerprint density at radius 2 is 1.94 bits per heavy atom. The Hall–Kier alpha value is -2.43. The fourth-order valence-electron chi connectivity index (χ4n) is 1.37. The number of hydrogen-bond acceptors (Lipinski definition) is 4. The van der Waals surface area contributed by atoms with Gasteiger partial charge in [-0.3, -0.25) is 4.79 Å². The molecule has 1 aromatic carbocycles. The van der Waals surface area contributed by atoms with E-state index in [-0.39, 0.29) is 5.56 Å². The predicted molar refractivity (Wildman–Crippen MR) is 59.9 cm³/mol. The summed E-state index contributed by atoms with van der Waals surface area (Å²) in [5.74, 6) is -1.59. The van der Waals surface area contributed by atoms with Gasteiger partial charge in [0.25, 0.3) is 5.78 Å². The molecule has 0 unspecified atom stereocenters. The molecule has 0 fully saturated rings. The maximum Gasteiger partial charge on any atom is 0.379 e. The normalized spacial score (nSPS) is 9.94. The van der Waals surface area contributed by atoms with E-state index in [0.717, 1.165) is 5.69 Å². The van der Waals surface area contributed by atoms with Crippen molar-refractivity contribution in [2.24, 2.45) is 0 Å². The number of ketones is 1. The smallest absolute Gasteiger partial charge is 0.379 e. The van der Waals surface area contributed by atoms with Crippen molar-refractivity contribution in [3.63, 3.8) is 0 Å². The van der Waals surface area contributed by atoms with Gasteiger partial charge in [-0.1, -0.05) is 18.2 Å². The molecule has 0 aliphatic rings. The summed E-state index contributed by atoms with van der Waals surface area (Å²) in [5, 5.41) is 4.01. The highest BCUT2D eigenvalue weighted by atomic mass is 16.5. The number of carbonyl (C=O) groups excluding carboxylic acids is 2. The zero-order valence-electron chi connectivity index (χ0n) is 9.16. The minimum atomic E-state index is -0.891. The molecule has 0 atom stereocenters. The van der Waals surface area contributed by atoms with Crippen LogP contribution in [0, 0.1) is 0 Å². The Morgan fingerprint density at radius 3 is 2.59 bits per heavy atom. The number of carbonyl (C=O) groups is 2. The Kier molecular flexibility index (Phi) is 3.00. The molecule has 0 aliphatic carbocycles. The highest BCUT2D eigenvalue weighted by Crippen LogP contribution is 2.08. The molecule has 2 rings (SSSR count). The molecule has 0 saturated carbocycles. The number of Topliss-reactive ketones (excluding diaryl/α,β-unsaturated/α-hetero) is 1. The van der Waals surface area contributed by atoms with Gasteiger partial charge in [-0.05, 0) is 12.1 Å². The Bertz CT molecular complexity index is 546. The van der Waals surface area contributed by atoms with Crippen molar-refractivity contribution in [3.05, 3.63) is 48.3 Å². The van der Waals surface area contributed by atoms with Crippen LogP contribution in [0.3, 0.4) is 0 Å². The van der Waals surface area contributed by atoms with E-state index in [9.17, 15) is 9.59 Å². The number of esters is 1. The molecule has 0 N–H and O–H groups in total. The number of para-hydroxylation sites is 1. The summed E-state index contributed by atoms with van der Waals surface area (Å²) in [7, 11) is 1.17. The topological polar surface area (TPSA) is 61.2 Å². The Morgan fingerprint density at radius 1 is 1.24 bits per heavy atom. The minimum absolute atomic E-state index is 0.209. The fourth-order valence-corrected chi connectivity index (χ4v) is 1.37. The molecule has 5 heteroatoms. The number of aromatic nitrogens is 2. The zero-order valence-corrected chi connectivity index (χ0v) is 9.16. The van der Waals surface area contributed by atoms with Crippen molar-refractivity contribution >= 4 is 11.8 Å². The van der Waals surface area contributed by atoms with Gasteiger partial charge in [-0.2, -0.15) is 5.10 Å². The predicted octanol–water partition coefficient (Wildman–Crippen LogP) is 1.23. The third-order valence-corrected chi connectivity index (χ3v) is 2.24. The van der Waals surface area contributed by atoms with Gasteiger partial charge in [0.2, 0.25) is 0 Å². The maximum absolute atomic E-state index is 11.5. The van der Waals surface area contributed by atoms with Crippen LogP contribution in [0.15, 0.2) is 42.7 Å². The first-order valence-corrected chi connectivity index (χ1v) is 4.95. The van der Waals surface area contributed by atoms with Crippen LogP contribution in [0.1, 0.15) is 10.4 Å². The van der Waals surface area contributed by atoms with Crippen molar-refractivity contribution < 1.29 is 14.3 Å². The molecule has 5 nitrogen and oxygen atoms in total. The van der Waals surface area contributed by atoms with E-state index in [1.807, 2.05) is 30.3 Å². The third-order valence-electron chi connectivity index (χ3n) is 2.24. The van der Waals surface area contributed by atoms with Crippen LogP contribution in [-0.4, -0.2) is 28.6 Å². The highest BCUT2D eigenvalue weighted by molar-refractivity contribution is 6.40. The largest absolute Gasteiger partial charge is 0.463 e. The molecule has 1 aromatic heterocycles. The average molecular weight is 230 g/mol. The summed E-state index contributed by atoms with van der Waals surface area (Å²) in [4.78, 5) is 22.5. The van der Waals surface area contributed by atoms with E-state index in [1.54, 1.807) is 0 Å². The van der Waals surface area contributed by atoms with Crippen LogP contribution >= 0.6 is 0 Å². The molecule has 0 bridgehead atoms. The van der Waals surface area contributed by atoms with Crippen LogP contribution in [0.4, 0.5) is 0 Å². The molecule has 86 valence electrons. The standard InChI is InChI=1S/C12H10N2O3/c1-17-12(16)11(15)9-7-13-14(8-9)10-5-3-2-4-6-10/h2-8H,1H3. The first kappa shape index (κ1) is 11.1. The quantitative estimate of drug-likeness (QED) is 0.452. The molecule has 17 heavy (non-hydrogen) atoms. The van der Waals surface area contributed by atoms with Gasteiger partial charge in [0.1, 0.15) is 0 Å². The van der Waals surface area contributed by atoms with Crippen molar-refractivity contribution in [3.8, 4) is 5.69 Å². The van der Waals surface area contributed by atoms with E-state index in [1.165, 1.54) is 24.2 Å². The van der Waals surface area contributed by atoms with Crippen LogP contribution in [0.25, 0.3) is 5.69 Å². The molecular formula is C12H10N2O3. The lowest BCUT2D eigenvalue weighted by Gasteiger charge is -1.98. The Balaban J connectivity index is 2.28. The number of nitrogens with zero attached hydrogens (tertiary/aromatic N) is 2. The lowest BCUT2D eigenvalue weighted by Crippen LogP contribution is -2.14. The maximum atomic E-state index is 11.5. The molecule has 0 spiro atoms. The van der Waals surface area contributed by atoms with Crippen LogP contribution in [-0.2, 0) is 9.53 Å². The summed E-state index contributed by atoms with van der Waals surface area (Å²) in [6.07, 6.45) is 2.83. The van der Waals surface area contributed by atoms with Gasteiger partial charge in [-0.25, -0.2) is 9.48 Å². The molecule has 1 heterocycles. The lowest BCUT2D eigenvalue weighted by atomic mass is 10.2. The third kappa shape index (κ3) is 2.23. The van der Waals surface area contributed by atoms with Crippen LogP contribution < -0.4 is 0 Å². The van der Waals surface area contributed by atoms with Gasteiger partial charge >= 0.3 is 5.97 Å². The van der Waals surface area contributed by atoms with Crippen molar-refractivity contribution in [2.45, 2.75) is 0 Å². The summed E-state index contributed by atoms with van der Waals surface area (Å²) in [6.45, 7) is 0. The second kappa shape index (κ2) is 4.61. The van der Waals surface area contributed by atoms with Gasteiger partial charge in [0.05, 0.1) is 24.6 Å². The van der Waals surface area contributed by atoms with Crippen molar-refractivity contribution in [1.29, 1.82) is 0 Å². The van der Waals surface area contributed by atoms with Gasteiger partial charge in [0, 0.05) is 6.20 Å². The van der Waals surface area contributed by atoms with Crippen molar-refractivity contribution in [1.82, 2.24) is 9.78 Å². The van der Waals surface area contributed by atoms with E-state index in [0.29, 0.717) is 0 Å². The first-order valence-electron chi connectivity index (χ1n) is 4.95. The molecule has 0 amide bonds. The first-order chi connectivity index (χ1) is 8.22. The van der Waals surface area contributed by atoms with Gasteiger partial charge in [0.15, 0.2) is 0 Å². The van der Waals surface area contributed by atoms with E-state index in [4.69, 9.17) is 0 Å². The van der Waals surface area contributed by atoms with E-state index < -0.39 is 11.8 Å². The number of rotatable bonds is 3. The van der Waals surface area contributed by atoms with Gasteiger partial charge < -0.3 is 4.74 Å². The highest BCUT2D eigenvalue weighted by Gasteiger charge is 2.18. The molecule has 0 radical (unpaired) electrons. The summed E-state index contributed by atoms with van der Waals surface area (Å²) in [6, 6.07) is 9.30. The fraction of sp³-hybridized carbons (Fsp3) is 0.0833. The number of hydrogen-bond donors (Lipinski definition) is 0. The summed E-state index contributed by atoms with van der Waals surface area (Å²) >= 11 is 0. The van der Waals surface area contributed by atoms with Crippen molar-refractivity contribution in [2.75, 3.05) is 7.11 Å². The second-order valence-electron chi connectivity index (χ2n) is 3.33. The monoisotopic (exact) mass is 230 g/mol. The van der Waals surface area contributed by atoms with E-state index in [2.05, 4.69) is 9.84 Å². The molecule has 0 saturated heterocycles. The number of methoxy groups -OCH3 is 1. The number of benzene rings is 1.